The van der Waals surface area contributed by atoms with Crippen molar-refractivity contribution in [2.24, 2.45) is 0 Å². The van der Waals surface area contributed by atoms with E-state index in [-0.39, 0.29) is 11.3 Å². The standard InChI is InChI=1S/C15H13F3OS/c16-15(17,18)13-9-5-4-8-12(13)14(19)10-20-11-6-2-1-3-7-11/h1-9,14,19H,10H2. The first kappa shape index (κ1) is 14.9. The molecule has 1 nitrogen and oxygen atoms in total. The average Bonchev–Trinajstić information content (AvgIpc) is 2.45. The van der Waals surface area contributed by atoms with Gasteiger partial charge in [0.05, 0.1) is 11.7 Å². The summed E-state index contributed by atoms with van der Waals surface area (Å²) in [5, 5.41) is 10.0. The van der Waals surface area contributed by atoms with Crippen LogP contribution in [-0.4, -0.2) is 10.9 Å². The minimum Gasteiger partial charge on any atom is -0.388 e. The SMILES string of the molecule is OC(CSc1ccccc1)c1ccccc1C(F)(F)F. The Hall–Kier alpha value is -1.46. The van der Waals surface area contributed by atoms with Gasteiger partial charge < -0.3 is 5.11 Å². The van der Waals surface area contributed by atoms with E-state index in [4.69, 9.17) is 0 Å². The third kappa shape index (κ3) is 3.77. The van der Waals surface area contributed by atoms with E-state index in [0.29, 0.717) is 0 Å². The molecule has 0 fully saturated rings. The zero-order chi connectivity index (χ0) is 14.6. The van der Waals surface area contributed by atoms with Crippen molar-refractivity contribution in [2.75, 3.05) is 5.75 Å². The van der Waals surface area contributed by atoms with Crippen LogP contribution in [0, 0.1) is 0 Å². The largest absolute Gasteiger partial charge is 0.416 e. The Morgan fingerprint density at radius 2 is 1.55 bits per heavy atom. The van der Waals surface area contributed by atoms with E-state index in [2.05, 4.69) is 0 Å². The molecule has 0 saturated carbocycles. The van der Waals surface area contributed by atoms with Gasteiger partial charge in [0.25, 0.3) is 0 Å². The Balaban J connectivity index is 2.12. The highest BCUT2D eigenvalue weighted by molar-refractivity contribution is 7.99. The molecule has 0 aliphatic rings. The molecule has 0 amide bonds. The molecule has 0 heterocycles. The van der Waals surface area contributed by atoms with Gasteiger partial charge in [-0.25, -0.2) is 0 Å². The Bertz CT molecular complexity index is 555. The topological polar surface area (TPSA) is 20.2 Å². The maximum absolute atomic E-state index is 12.9. The summed E-state index contributed by atoms with van der Waals surface area (Å²) in [6.07, 6.45) is -5.60. The average molecular weight is 298 g/mol. The molecule has 2 aromatic rings. The van der Waals surface area contributed by atoms with Crippen LogP contribution in [0.3, 0.4) is 0 Å². The molecule has 20 heavy (non-hydrogen) atoms. The normalized spacial score (nSPS) is 13.2. The second kappa shape index (κ2) is 6.33. The van der Waals surface area contributed by atoms with Gasteiger partial charge in [-0.15, -0.1) is 11.8 Å². The second-order valence-corrected chi connectivity index (χ2v) is 5.32. The molecule has 0 spiro atoms. The van der Waals surface area contributed by atoms with E-state index in [1.807, 2.05) is 30.3 Å². The number of hydrogen-bond acceptors (Lipinski definition) is 2. The molecular weight excluding hydrogens is 285 g/mol. The van der Waals surface area contributed by atoms with Gasteiger partial charge in [0.1, 0.15) is 0 Å². The molecule has 1 unspecified atom stereocenters. The van der Waals surface area contributed by atoms with E-state index in [1.165, 1.54) is 30.0 Å². The number of alkyl halides is 3. The van der Waals surface area contributed by atoms with E-state index < -0.39 is 17.8 Å². The van der Waals surface area contributed by atoms with Gasteiger partial charge in [0, 0.05) is 10.6 Å². The monoisotopic (exact) mass is 298 g/mol. The van der Waals surface area contributed by atoms with Crippen LogP contribution in [0.1, 0.15) is 17.2 Å². The minimum absolute atomic E-state index is 0.0802. The highest BCUT2D eigenvalue weighted by Crippen LogP contribution is 2.36. The van der Waals surface area contributed by atoms with E-state index in [1.54, 1.807) is 0 Å². The van der Waals surface area contributed by atoms with Crippen molar-refractivity contribution >= 4 is 11.8 Å². The molecule has 1 atom stereocenters. The molecule has 0 aliphatic carbocycles. The van der Waals surface area contributed by atoms with Crippen molar-refractivity contribution < 1.29 is 18.3 Å². The molecule has 5 heteroatoms. The van der Waals surface area contributed by atoms with Crippen LogP contribution < -0.4 is 0 Å². The maximum Gasteiger partial charge on any atom is 0.416 e. The number of thioether (sulfide) groups is 1. The van der Waals surface area contributed by atoms with E-state index in [0.717, 1.165) is 11.0 Å². The fourth-order valence-electron chi connectivity index (χ4n) is 1.83. The summed E-state index contributed by atoms with van der Waals surface area (Å²) in [5.74, 6) is 0.178. The minimum atomic E-state index is -4.45. The number of hydrogen-bond donors (Lipinski definition) is 1. The van der Waals surface area contributed by atoms with Crippen LogP contribution in [-0.2, 0) is 6.18 Å². The number of aliphatic hydroxyl groups excluding tert-OH is 1. The highest BCUT2D eigenvalue weighted by Gasteiger charge is 2.34. The lowest BCUT2D eigenvalue weighted by molar-refractivity contribution is -0.139. The Morgan fingerprint density at radius 1 is 0.950 bits per heavy atom. The smallest absolute Gasteiger partial charge is 0.388 e. The Labute approximate surface area is 119 Å². The van der Waals surface area contributed by atoms with Gasteiger partial charge in [0.15, 0.2) is 0 Å². The third-order valence-electron chi connectivity index (χ3n) is 2.78. The Kier molecular flexibility index (Phi) is 4.73. The first-order valence-electron chi connectivity index (χ1n) is 6.00. The lowest BCUT2D eigenvalue weighted by Crippen LogP contribution is -2.13. The van der Waals surface area contributed by atoms with Crippen molar-refractivity contribution in [3.63, 3.8) is 0 Å². The molecule has 0 aromatic heterocycles. The summed E-state index contributed by atoms with van der Waals surface area (Å²) in [7, 11) is 0. The molecule has 0 bridgehead atoms. The summed E-state index contributed by atoms with van der Waals surface area (Å²) >= 11 is 1.33. The molecule has 0 saturated heterocycles. The fraction of sp³-hybridized carbons (Fsp3) is 0.200. The van der Waals surface area contributed by atoms with Crippen molar-refractivity contribution in [3.05, 3.63) is 65.7 Å². The van der Waals surface area contributed by atoms with Gasteiger partial charge in [0.2, 0.25) is 0 Å². The summed E-state index contributed by atoms with van der Waals surface area (Å²) < 4.78 is 38.6. The van der Waals surface area contributed by atoms with Gasteiger partial charge in [-0.2, -0.15) is 13.2 Å². The Morgan fingerprint density at radius 3 is 2.20 bits per heavy atom. The van der Waals surface area contributed by atoms with Crippen LogP contribution >= 0.6 is 11.8 Å². The molecule has 1 N–H and O–H groups in total. The highest BCUT2D eigenvalue weighted by atomic mass is 32.2. The second-order valence-electron chi connectivity index (χ2n) is 4.22. The number of benzene rings is 2. The molecule has 2 aromatic carbocycles. The third-order valence-corrected chi connectivity index (χ3v) is 3.86. The number of halogens is 3. The van der Waals surface area contributed by atoms with Crippen LogP contribution in [0.25, 0.3) is 0 Å². The van der Waals surface area contributed by atoms with Crippen molar-refractivity contribution in [2.45, 2.75) is 17.2 Å². The van der Waals surface area contributed by atoms with E-state index in [9.17, 15) is 18.3 Å². The fourth-order valence-corrected chi connectivity index (χ4v) is 2.71. The lowest BCUT2D eigenvalue weighted by Gasteiger charge is -2.17. The van der Waals surface area contributed by atoms with Crippen LogP contribution in [0.5, 0.6) is 0 Å². The predicted octanol–water partition coefficient (Wildman–Crippen LogP) is 4.53. The first-order valence-corrected chi connectivity index (χ1v) is 6.99. The van der Waals surface area contributed by atoms with Crippen molar-refractivity contribution in [1.82, 2.24) is 0 Å². The van der Waals surface area contributed by atoms with E-state index >= 15 is 0 Å². The van der Waals surface area contributed by atoms with Crippen LogP contribution in [0.4, 0.5) is 13.2 Å². The molecule has 106 valence electrons. The summed E-state index contributed by atoms with van der Waals surface area (Å²) in [6.45, 7) is 0. The van der Waals surface area contributed by atoms with Crippen LogP contribution in [0.15, 0.2) is 59.5 Å². The molecule has 2 rings (SSSR count). The number of rotatable bonds is 4. The number of aliphatic hydroxyl groups is 1. The zero-order valence-electron chi connectivity index (χ0n) is 10.5. The van der Waals surface area contributed by atoms with Crippen molar-refractivity contribution in [1.29, 1.82) is 0 Å². The first-order chi connectivity index (χ1) is 9.48. The van der Waals surface area contributed by atoms with Crippen molar-refractivity contribution in [3.8, 4) is 0 Å². The quantitative estimate of drug-likeness (QED) is 0.837. The van der Waals surface area contributed by atoms with Gasteiger partial charge >= 0.3 is 6.18 Å². The summed E-state index contributed by atoms with van der Waals surface area (Å²) in [5.41, 5.74) is -0.857. The summed E-state index contributed by atoms with van der Waals surface area (Å²) in [4.78, 5) is 0.913. The summed E-state index contributed by atoms with van der Waals surface area (Å²) in [6, 6.07) is 14.4. The van der Waals surface area contributed by atoms with Crippen LogP contribution in [0.2, 0.25) is 0 Å². The van der Waals surface area contributed by atoms with Gasteiger partial charge in [-0.3, -0.25) is 0 Å². The molecule has 0 radical (unpaired) electrons. The van der Waals surface area contributed by atoms with Gasteiger partial charge in [-0.05, 0) is 23.8 Å². The molecular formula is C15H13F3OS. The predicted molar refractivity (Wildman–Crippen MR) is 73.6 cm³/mol. The zero-order valence-corrected chi connectivity index (χ0v) is 11.3. The maximum atomic E-state index is 12.9. The molecule has 0 aliphatic heterocycles. The van der Waals surface area contributed by atoms with Gasteiger partial charge in [-0.1, -0.05) is 36.4 Å². The lowest BCUT2D eigenvalue weighted by atomic mass is 10.0.